The Kier molecular flexibility index (Phi) is 2.30. The van der Waals surface area contributed by atoms with Crippen molar-refractivity contribution in [3.8, 4) is 5.75 Å². The Morgan fingerprint density at radius 3 is 2.71 bits per heavy atom. The van der Waals surface area contributed by atoms with Gasteiger partial charge in [0.15, 0.2) is 0 Å². The van der Waals surface area contributed by atoms with Gasteiger partial charge in [-0.3, -0.25) is 0 Å². The first-order valence-electron chi connectivity index (χ1n) is 6.78. The lowest BCUT2D eigenvalue weighted by Gasteiger charge is -2.53. The molecule has 0 radical (unpaired) electrons. The largest absolute Gasteiger partial charge is 0.487 e. The molecule has 1 aromatic carbocycles. The van der Waals surface area contributed by atoms with E-state index in [4.69, 9.17) is 4.74 Å². The monoisotopic (exact) mass is 230 g/mol. The standard InChI is InChI=1S/C16H22O/c1-15(2)9-6-10-16(3)14(15)11-12-7-4-5-8-13(12)17-16/h4-5,7-8,14H,6,9-11H2,1-3H3/t14-,16+/m1/s1. The Morgan fingerprint density at radius 1 is 1.12 bits per heavy atom. The lowest BCUT2D eigenvalue weighted by Crippen LogP contribution is -2.53. The highest BCUT2D eigenvalue weighted by atomic mass is 16.5. The molecule has 3 rings (SSSR count). The molecular weight excluding hydrogens is 208 g/mol. The smallest absolute Gasteiger partial charge is 0.123 e. The Hall–Kier alpha value is -0.980. The molecule has 0 saturated heterocycles. The van der Waals surface area contributed by atoms with E-state index in [9.17, 15) is 0 Å². The summed E-state index contributed by atoms with van der Waals surface area (Å²) in [5, 5.41) is 0. The minimum absolute atomic E-state index is 0.0517. The van der Waals surface area contributed by atoms with E-state index >= 15 is 0 Å². The number of hydrogen-bond acceptors (Lipinski definition) is 1. The van der Waals surface area contributed by atoms with Crippen molar-refractivity contribution in [1.29, 1.82) is 0 Å². The molecule has 17 heavy (non-hydrogen) atoms. The Balaban J connectivity index is 2.03. The van der Waals surface area contributed by atoms with Crippen molar-refractivity contribution in [1.82, 2.24) is 0 Å². The van der Waals surface area contributed by atoms with Gasteiger partial charge in [-0.05, 0) is 49.7 Å². The number of hydrogen-bond donors (Lipinski definition) is 0. The molecule has 0 spiro atoms. The predicted molar refractivity (Wildman–Crippen MR) is 70.3 cm³/mol. The molecule has 0 bridgehead atoms. The van der Waals surface area contributed by atoms with Crippen LogP contribution in [0.3, 0.4) is 0 Å². The van der Waals surface area contributed by atoms with E-state index in [0.717, 1.165) is 5.75 Å². The summed E-state index contributed by atoms with van der Waals surface area (Å²) in [5.74, 6) is 1.77. The quantitative estimate of drug-likeness (QED) is 0.649. The summed E-state index contributed by atoms with van der Waals surface area (Å²) in [4.78, 5) is 0. The van der Waals surface area contributed by atoms with E-state index in [-0.39, 0.29) is 5.60 Å². The molecule has 1 heteroatoms. The van der Waals surface area contributed by atoms with Gasteiger partial charge in [-0.1, -0.05) is 32.0 Å². The van der Waals surface area contributed by atoms with Crippen molar-refractivity contribution in [3.05, 3.63) is 29.8 Å². The second-order valence-electron chi connectivity index (χ2n) is 6.62. The average Bonchev–Trinajstić information content (AvgIpc) is 2.26. The van der Waals surface area contributed by atoms with Crippen molar-refractivity contribution in [2.45, 2.75) is 52.1 Å². The van der Waals surface area contributed by atoms with Crippen molar-refractivity contribution < 1.29 is 4.74 Å². The van der Waals surface area contributed by atoms with Crippen molar-refractivity contribution in [3.63, 3.8) is 0 Å². The molecule has 1 fully saturated rings. The van der Waals surface area contributed by atoms with Crippen LogP contribution < -0.4 is 4.74 Å². The van der Waals surface area contributed by atoms with Crippen LogP contribution >= 0.6 is 0 Å². The van der Waals surface area contributed by atoms with E-state index in [2.05, 4.69) is 45.0 Å². The molecule has 0 N–H and O–H groups in total. The molecule has 0 unspecified atom stereocenters. The van der Waals surface area contributed by atoms with E-state index in [0.29, 0.717) is 11.3 Å². The summed E-state index contributed by atoms with van der Waals surface area (Å²) in [6, 6.07) is 8.55. The van der Waals surface area contributed by atoms with Crippen LogP contribution in [0, 0.1) is 11.3 Å². The maximum Gasteiger partial charge on any atom is 0.123 e. The van der Waals surface area contributed by atoms with Crippen LogP contribution in [0.5, 0.6) is 5.75 Å². The summed E-state index contributed by atoms with van der Waals surface area (Å²) in [7, 11) is 0. The summed E-state index contributed by atoms with van der Waals surface area (Å²) >= 11 is 0. The van der Waals surface area contributed by atoms with Gasteiger partial charge in [0.1, 0.15) is 11.4 Å². The van der Waals surface area contributed by atoms with Crippen molar-refractivity contribution in [2.24, 2.45) is 11.3 Å². The number of benzene rings is 1. The van der Waals surface area contributed by atoms with E-state index in [1.807, 2.05) is 0 Å². The fourth-order valence-corrected chi connectivity index (χ4v) is 3.93. The number of para-hydroxylation sites is 1. The van der Waals surface area contributed by atoms with Gasteiger partial charge in [0.05, 0.1) is 0 Å². The molecule has 1 saturated carbocycles. The van der Waals surface area contributed by atoms with Gasteiger partial charge in [0.25, 0.3) is 0 Å². The van der Waals surface area contributed by atoms with E-state index in [1.165, 1.54) is 31.2 Å². The number of fused-ring (bicyclic) bond motifs is 2. The van der Waals surface area contributed by atoms with Crippen LogP contribution in [0.4, 0.5) is 0 Å². The van der Waals surface area contributed by atoms with Crippen LogP contribution in [0.25, 0.3) is 0 Å². The molecule has 2 atom stereocenters. The van der Waals surface area contributed by atoms with Gasteiger partial charge in [-0.2, -0.15) is 0 Å². The fourth-order valence-electron chi connectivity index (χ4n) is 3.93. The third kappa shape index (κ3) is 1.67. The second kappa shape index (κ2) is 3.51. The van der Waals surface area contributed by atoms with E-state index in [1.54, 1.807) is 0 Å². The predicted octanol–water partition coefficient (Wildman–Crippen LogP) is 4.21. The van der Waals surface area contributed by atoms with Gasteiger partial charge >= 0.3 is 0 Å². The van der Waals surface area contributed by atoms with Crippen LogP contribution in [-0.2, 0) is 6.42 Å². The molecule has 1 aliphatic heterocycles. The summed E-state index contributed by atoms with van der Waals surface area (Å²) in [6.07, 6.45) is 5.01. The van der Waals surface area contributed by atoms with Crippen molar-refractivity contribution in [2.75, 3.05) is 0 Å². The highest BCUT2D eigenvalue weighted by Crippen LogP contribution is 2.52. The van der Waals surface area contributed by atoms with Gasteiger partial charge < -0.3 is 4.74 Å². The molecule has 1 nitrogen and oxygen atoms in total. The zero-order chi connectivity index (χ0) is 12.1. The third-order valence-electron chi connectivity index (χ3n) is 4.91. The molecule has 1 aromatic rings. The molecule has 2 aliphatic rings. The van der Waals surface area contributed by atoms with Gasteiger partial charge in [-0.25, -0.2) is 0 Å². The van der Waals surface area contributed by atoms with E-state index < -0.39 is 0 Å². The minimum atomic E-state index is 0.0517. The summed E-state index contributed by atoms with van der Waals surface area (Å²) in [6.45, 7) is 7.13. The van der Waals surface area contributed by atoms with Crippen LogP contribution in [0.1, 0.15) is 45.6 Å². The van der Waals surface area contributed by atoms with Crippen LogP contribution in [-0.4, -0.2) is 5.60 Å². The topological polar surface area (TPSA) is 9.23 Å². The highest BCUT2D eigenvalue weighted by molar-refractivity contribution is 5.37. The second-order valence-corrected chi connectivity index (χ2v) is 6.62. The van der Waals surface area contributed by atoms with Gasteiger partial charge in [0.2, 0.25) is 0 Å². The third-order valence-corrected chi connectivity index (χ3v) is 4.91. The maximum atomic E-state index is 6.36. The minimum Gasteiger partial charge on any atom is -0.487 e. The summed E-state index contributed by atoms with van der Waals surface area (Å²) in [5.41, 5.74) is 1.85. The number of rotatable bonds is 0. The van der Waals surface area contributed by atoms with Gasteiger partial charge in [-0.15, -0.1) is 0 Å². The molecule has 1 heterocycles. The lowest BCUT2D eigenvalue weighted by atomic mass is 9.59. The average molecular weight is 230 g/mol. The Labute approximate surface area is 104 Å². The first kappa shape index (κ1) is 11.1. The van der Waals surface area contributed by atoms with Gasteiger partial charge in [0, 0.05) is 5.92 Å². The fraction of sp³-hybridized carbons (Fsp3) is 0.625. The lowest BCUT2D eigenvalue weighted by molar-refractivity contribution is -0.0815. The van der Waals surface area contributed by atoms with Crippen molar-refractivity contribution >= 4 is 0 Å². The molecule has 1 aliphatic carbocycles. The van der Waals surface area contributed by atoms with Crippen LogP contribution in [0.15, 0.2) is 24.3 Å². The SMILES string of the molecule is CC1(C)CCC[C@]2(C)Oc3ccccc3C[C@H]12. The zero-order valence-electron chi connectivity index (χ0n) is 11.1. The first-order chi connectivity index (χ1) is 8.01. The highest BCUT2D eigenvalue weighted by Gasteiger charge is 2.50. The zero-order valence-corrected chi connectivity index (χ0v) is 11.1. The maximum absolute atomic E-state index is 6.36. The van der Waals surface area contributed by atoms with Crippen LogP contribution in [0.2, 0.25) is 0 Å². The first-order valence-corrected chi connectivity index (χ1v) is 6.78. The Bertz CT molecular complexity index is 435. The molecule has 0 aromatic heterocycles. The molecule has 92 valence electrons. The number of ether oxygens (including phenoxy) is 1. The molecule has 0 amide bonds. The summed E-state index contributed by atoms with van der Waals surface area (Å²) < 4.78 is 6.36. The normalized spacial score (nSPS) is 34.4. The Morgan fingerprint density at radius 2 is 1.88 bits per heavy atom. The molecular formula is C16H22O.